The van der Waals surface area contributed by atoms with Gasteiger partial charge < -0.3 is 5.32 Å². The van der Waals surface area contributed by atoms with Crippen LogP contribution in [0.1, 0.15) is 24.8 Å². The molecule has 0 atom stereocenters. The van der Waals surface area contributed by atoms with Crippen molar-refractivity contribution in [1.82, 2.24) is 10.3 Å². The van der Waals surface area contributed by atoms with E-state index in [1.165, 1.54) is 30.2 Å². The van der Waals surface area contributed by atoms with Crippen LogP contribution in [0.4, 0.5) is 0 Å². The molecule has 1 aromatic heterocycles. The van der Waals surface area contributed by atoms with E-state index in [0.717, 1.165) is 18.1 Å². The summed E-state index contributed by atoms with van der Waals surface area (Å²) in [6, 6.07) is 11.4. The molecule has 0 aliphatic heterocycles. The van der Waals surface area contributed by atoms with Crippen LogP contribution >= 0.6 is 0 Å². The molecule has 1 aliphatic carbocycles. The summed E-state index contributed by atoms with van der Waals surface area (Å²) in [5.41, 5.74) is 2.43. The van der Waals surface area contributed by atoms with Crippen molar-refractivity contribution in [2.24, 2.45) is 0 Å². The summed E-state index contributed by atoms with van der Waals surface area (Å²) in [6.07, 6.45) is 5.91. The molecule has 0 saturated heterocycles. The van der Waals surface area contributed by atoms with Gasteiger partial charge in [0, 0.05) is 24.2 Å². The number of nitrogens with zero attached hydrogens (tertiary/aromatic N) is 1. The number of nitrogens with one attached hydrogen (secondary N) is 1. The van der Waals surface area contributed by atoms with Crippen LogP contribution < -0.4 is 5.32 Å². The third-order valence-corrected chi connectivity index (χ3v) is 3.37. The number of hydrogen-bond donors (Lipinski definition) is 1. The number of rotatable bonds is 3. The zero-order valence-electron chi connectivity index (χ0n) is 9.32. The lowest BCUT2D eigenvalue weighted by molar-refractivity contribution is 0.338. The first-order valence-corrected chi connectivity index (χ1v) is 5.99. The minimum atomic E-state index is 0.754. The van der Waals surface area contributed by atoms with Crippen LogP contribution in [0.15, 0.2) is 36.5 Å². The topological polar surface area (TPSA) is 24.9 Å². The van der Waals surface area contributed by atoms with E-state index in [4.69, 9.17) is 0 Å². The molecule has 1 aliphatic rings. The molecule has 1 N–H and O–H groups in total. The van der Waals surface area contributed by atoms with Gasteiger partial charge in [0.2, 0.25) is 0 Å². The molecule has 1 heterocycles. The fraction of sp³-hybridized carbons (Fsp3) is 0.357. The van der Waals surface area contributed by atoms with Crippen LogP contribution in [0.2, 0.25) is 0 Å². The second-order valence-electron chi connectivity index (χ2n) is 4.54. The van der Waals surface area contributed by atoms with Gasteiger partial charge in [-0.05, 0) is 36.6 Å². The monoisotopic (exact) mass is 212 g/mol. The maximum atomic E-state index is 4.32. The first kappa shape index (κ1) is 9.79. The Balaban J connectivity index is 1.76. The van der Waals surface area contributed by atoms with Crippen LogP contribution in [0.5, 0.6) is 0 Å². The van der Waals surface area contributed by atoms with Crippen molar-refractivity contribution >= 4 is 10.9 Å². The molecule has 2 nitrogen and oxygen atoms in total. The van der Waals surface area contributed by atoms with Gasteiger partial charge in [-0.25, -0.2) is 0 Å². The molecule has 0 unspecified atom stereocenters. The number of hydrogen-bond acceptors (Lipinski definition) is 2. The molecule has 1 saturated carbocycles. The van der Waals surface area contributed by atoms with Crippen molar-refractivity contribution in [3.8, 4) is 0 Å². The predicted octanol–water partition coefficient (Wildman–Crippen LogP) is 2.88. The number of aromatic nitrogens is 1. The van der Waals surface area contributed by atoms with Gasteiger partial charge in [-0.1, -0.05) is 18.6 Å². The Morgan fingerprint density at radius 1 is 1.25 bits per heavy atom. The Morgan fingerprint density at radius 3 is 3.00 bits per heavy atom. The Labute approximate surface area is 95.7 Å². The second kappa shape index (κ2) is 4.22. The summed E-state index contributed by atoms with van der Waals surface area (Å²) < 4.78 is 0. The van der Waals surface area contributed by atoms with Crippen molar-refractivity contribution in [2.45, 2.75) is 31.8 Å². The van der Waals surface area contributed by atoms with E-state index in [2.05, 4.69) is 34.6 Å². The van der Waals surface area contributed by atoms with Gasteiger partial charge in [0.15, 0.2) is 0 Å². The zero-order valence-corrected chi connectivity index (χ0v) is 9.32. The van der Waals surface area contributed by atoms with Crippen molar-refractivity contribution in [1.29, 1.82) is 0 Å². The zero-order chi connectivity index (χ0) is 10.8. The second-order valence-corrected chi connectivity index (χ2v) is 4.54. The van der Waals surface area contributed by atoms with Gasteiger partial charge >= 0.3 is 0 Å². The third kappa shape index (κ3) is 1.93. The van der Waals surface area contributed by atoms with Crippen molar-refractivity contribution < 1.29 is 0 Å². The normalized spacial score (nSPS) is 16.2. The standard InChI is InChI=1S/C14H16N2/c1-4-13(5-1)16-10-11-6-7-14-12(9-11)3-2-8-15-14/h2-3,6-9,13,16H,1,4-5,10H2. The number of fused-ring (bicyclic) bond motifs is 1. The molecular weight excluding hydrogens is 196 g/mol. The largest absolute Gasteiger partial charge is 0.310 e. The highest BCUT2D eigenvalue weighted by molar-refractivity contribution is 5.78. The maximum absolute atomic E-state index is 4.32. The lowest BCUT2D eigenvalue weighted by atomic mass is 9.93. The van der Waals surface area contributed by atoms with E-state index in [1.807, 2.05) is 12.3 Å². The van der Waals surface area contributed by atoms with Crippen molar-refractivity contribution in [3.63, 3.8) is 0 Å². The van der Waals surface area contributed by atoms with Crippen LogP contribution in [0.3, 0.4) is 0 Å². The highest BCUT2D eigenvalue weighted by Crippen LogP contribution is 2.19. The molecule has 0 amide bonds. The summed E-state index contributed by atoms with van der Waals surface area (Å²) in [6.45, 7) is 0.982. The molecule has 1 aromatic carbocycles. The summed E-state index contributed by atoms with van der Waals surface area (Å²) in [5.74, 6) is 0. The average Bonchev–Trinajstić information content (AvgIpc) is 2.27. The molecule has 16 heavy (non-hydrogen) atoms. The van der Waals surface area contributed by atoms with Gasteiger partial charge in [-0.3, -0.25) is 4.98 Å². The maximum Gasteiger partial charge on any atom is 0.0702 e. The van der Waals surface area contributed by atoms with E-state index in [0.29, 0.717) is 0 Å². The summed E-state index contributed by atoms with van der Waals surface area (Å²) >= 11 is 0. The predicted molar refractivity (Wildman–Crippen MR) is 66.2 cm³/mol. The molecule has 82 valence electrons. The fourth-order valence-electron chi connectivity index (χ4n) is 2.11. The van der Waals surface area contributed by atoms with Crippen molar-refractivity contribution in [3.05, 3.63) is 42.1 Å². The SMILES string of the molecule is c1cnc2ccc(CNC3CCC3)cc2c1. The highest BCUT2D eigenvalue weighted by atomic mass is 14.9. The smallest absolute Gasteiger partial charge is 0.0702 e. The van der Waals surface area contributed by atoms with Crippen LogP contribution in [-0.4, -0.2) is 11.0 Å². The summed E-state index contributed by atoms with van der Waals surface area (Å²) in [7, 11) is 0. The molecule has 0 bridgehead atoms. The summed E-state index contributed by atoms with van der Waals surface area (Å²) in [5, 5.41) is 4.81. The lowest BCUT2D eigenvalue weighted by Crippen LogP contribution is -2.34. The first-order chi connectivity index (χ1) is 7.92. The Kier molecular flexibility index (Phi) is 2.58. The van der Waals surface area contributed by atoms with Gasteiger partial charge in [-0.15, -0.1) is 0 Å². The fourth-order valence-corrected chi connectivity index (χ4v) is 2.11. The van der Waals surface area contributed by atoms with Crippen LogP contribution in [-0.2, 0) is 6.54 Å². The molecule has 0 spiro atoms. The van der Waals surface area contributed by atoms with E-state index in [-0.39, 0.29) is 0 Å². The molecule has 0 radical (unpaired) electrons. The van der Waals surface area contributed by atoms with E-state index >= 15 is 0 Å². The Bertz CT molecular complexity index is 489. The molecule has 3 rings (SSSR count). The Hall–Kier alpha value is -1.41. The number of benzene rings is 1. The quantitative estimate of drug-likeness (QED) is 0.846. The van der Waals surface area contributed by atoms with Crippen LogP contribution in [0, 0.1) is 0 Å². The molecule has 2 aromatic rings. The van der Waals surface area contributed by atoms with E-state index in [9.17, 15) is 0 Å². The molecule has 1 fully saturated rings. The van der Waals surface area contributed by atoms with E-state index in [1.54, 1.807) is 0 Å². The summed E-state index contributed by atoms with van der Waals surface area (Å²) in [4.78, 5) is 4.32. The third-order valence-electron chi connectivity index (χ3n) is 3.37. The van der Waals surface area contributed by atoms with E-state index < -0.39 is 0 Å². The van der Waals surface area contributed by atoms with Gasteiger partial charge in [-0.2, -0.15) is 0 Å². The molecule has 2 heteroatoms. The van der Waals surface area contributed by atoms with Crippen molar-refractivity contribution in [2.75, 3.05) is 0 Å². The van der Waals surface area contributed by atoms with Gasteiger partial charge in [0.05, 0.1) is 5.52 Å². The highest BCUT2D eigenvalue weighted by Gasteiger charge is 2.15. The number of pyridine rings is 1. The molecular formula is C14H16N2. The average molecular weight is 212 g/mol. The first-order valence-electron chi connectivity index (χ1n) is 5.99. The van der Waals surface area contributed by atoms with Gasteiger partial charge in [0.25, 0.3) is 0 Å². The minimum Gasteiger partial charge on any atom is -0.310 e. The Morgan fingerprint density at radius 2 is 2.19 bits per heavy atom. The van der Waals surface area contributed by atoms with Crippen LogP contribution in [0.25, 0.3) is 10.9 Å². The lowest BCUT2D eigenvalue weighted by Gasteiger charge is -2.26. The van der Waals surface area contributed by atoms with Gasteiger partial charge in [0.1, 0.15) is 0 Å². The minimum absolute atomic E-state index is 0.754.